The monoisotopic (exact) mass is 430 g/mol. The van der Waals surface area contributed by atoms with Gasteiger partial charge in [-0.1, -0.05) is 23.7 Å². The van der Waals surface area contributed by atoms with Gasteiger partial charge in [-0.2, -0.15) is 0 Å². The number of fused-ring (bicyclic) bond motifs is 1. The molecule has 1 amide bonds. The fourth-order valence-electron chi connectivity index (χ4n) is 3.84. The molecular weight excluding hydrogens is 407 g/mol. The van der Waals surface area contributed by atoms with Crippen LogP contribution in [0.4, 0.5) is 9.18 Å². The number of rotatable bonds is 4. The van der Waals surface area contributed by atoms with E-state index in [1.165, 1.54) is 18.5 Å². The normalized spacial score (nSPS) is 18.8. The summed E-state index contributed by atoms with van der Waals surface area (Å²) in [6, 6.07) is 6.64. The number of nitrogens with one attached hydrogen (secondary N) is 1. The molecule has 1 aliphatic carbocycles. The second kappa shape index (κ2) is 7.87. The number of hydrogen-bond donors (Lipinski definition) is 1. The van der Waals surface area contributed by atoms with E-state index in [1.807, 2.05) is 33.0 Å². The Morgan fingerprint density at radius 3 is 2.80 bits per heavy atom. The predicted molar refractivity (Wildman–Crippen MR) is 114 cm³/mol. The number of benzene rings is 1. The van der Waals surface area contributed by atoms with Crippen molar-refractivity contribution in [1.29, 1.82) is 0 Å². The maximum absolute atomic E-state index is 13.8. The summed E-state index contributed by atoms with van der Waals surface area (Å²) in [5.74, 6) is 0.0493. The number of alkyl carbamates (subject to hydrolysis) is 1. The van der Waals surface area contributed by atoms with E-state index in [2.05, 4.69) is 19.9 Å². The van der Waals surface area contributed by atoms with Gasteiger partial charge in [-0.15, -0.1) is 0 Å². The fourth-order valence-corrected chi connectivity index (χ4v) is 4.07. The maximum Gasteiger partial charge on any atom is 0.407 e. The van der Waals surface area contributed by atoms with Crippen molar-refractivity contribution in [2.45, 2.75) is 45.3 Å². The van der Waals surface area contributed by atoms with Gasteiger partial charge < -0.3 is 14.6 Å². The molecule has 1 aromatic carbocycles. The van der Waals surface area contributed by atoms with Crippen molar-refractivity contribution in [1.82, 2.24) is 19.9 Å². The Labute approximate surface area is 179 Å². The molecule has 2 aromatic heterocycles. The highest BCUT2D eigenvalue weighted by atomic mass is 35.5. The third-order valence-corrected chi connectivity index (χ3v) is 5.52. The molecule has 0 spiro atoms. The minimum Gasteiger partial charge on any atom is -0.444 e. The molecule has 4 rings (SSSR count). The number of aromatic nitrogens is 3. The first kappa shape index (κ1) is 20.6. The molecule has 1 fully saturated rings. The molecular formula is C22H24ClFN4O2. The summed E-state index contributed by atoms with van der Waals surface area (Å²) in [4.78, 5) is 20.4. The first-order valence-electron chi connectivity index (χ1n) is 9.95. The van der Waals surface area contributed by atoms with E-state index in [0.29, 0.717) is 17.6 Å². The molecule has 1 N–H and O–H groups in total. The van der Waals surface area contributed by atoms with Gasteiger partial charge in [0.1, 0.15) is 28.5 Å². The van der Waals surface area contributed by atoms with Crippen LogP contribution in [0.15, 0.2) is 36.8 Å². The van der Waals surface area contributed by atoms with Gasteiger partial charge in [0.25, 0.3) is 0 Å². The van der Waals surface area contributed by atoms with Crippen molar-refractivity contribution < 1.29 is 13.9 Å². The number of carbonyl (C=O) groups excluding carboxylic acids is 1. The molecule has 6 nitrogen and oxygen atoms in total. The topological polar surface area (TPSA) is 69.0 Å². The highest BCUT2D eigenvalue weighted by Gasteiger charge is 2.33. The Hall–Kier alpha value is -2.67. The minimum atomic E-state index is -0.511. The fraction of sp³-hybridized carbons (Fsp3) is 0.409. The summed E-state index contributed by atoms with van der Waals surface area (Å²) in [7, 11) is 0. The summed E-state index contributed by atoms with van der Waals surface area (Å²) in [6.45, 7) is 6.09. The van der Waals surface area contributed by atoms with Crippen LogP contribution in [0.25, 0.3) is 22.2 Å². The van der Waals surface area contributed by atoms with Crippen molar-refractivity contribution in [3.63, 3.8) is 0 Å². The maximum atomic E-state index is 13.8. The second-order valence-electron chi connectivity index (χ2n) is 8.70. The zero-order valence-electron chi connectivity index (χ0n) is 17.2. The molecule has 0 saturated heterocycles. The van der Waals surface area contributed by atoms with Gasteiger partial charge in [0.15, 0.2) is 0 Å². The lowest BCUT2D eigenvalue weighted by Gasteiger charge is -2.36. The summed E-state index contributed by atoms with van der Waals surface area (Å²) in [5, 5.41) is 3.91. The summed E-state index contributed by atoms with van der Waals surface area (Å²) in [5.41, 5.74) is 1.77. The van der Waals surface area contributed by atoms with Gasteiger partial charge in [-0.05, 0) is 57.2 Å². The third kappa shape index (κ3) is 4.26. The van der Waals surface area contributed by atoms with Crippen LogP contribution in [0.3, 0.4) is 0 Å². The van der Waals surface area contributed by atoms with Gasteiger partial charge in [0.05, 0.1) is 5.39 Å². The lowest BCUT2D eigenvalue weighted by atomic mass is 9.80. The Morgan fingerprint density at radius 1 is 1.33 bits per heavy atom. The van der Waals surface area contributed by atoms with Gasteiger partial charge in [0, 0.05) is 24.3 Å². The lowest BCUT2D eigenvalue weighted by molar-refractivity contribution is 0.0500. The van der Waals surface area contributed by atoms with Crippen LogP contribution >= 0.6 is 11.6 Å². The molecule has 0 bridgehead atoms. The number of nitrogens with zero attached hydrogens (tertiary/aromatic N) is 3. The van der Waals surface area contributed by atoms with Crippen LogP contribution in [0, 0.1) is 11.7 Å². The van der Waals surface area contributed by atoms with Crippen LogP contribution in [-0.4, -0.2) is 32.8 Å². The van der Waals surface area contributed by atoms with Gasteiger partial charge >= 0.3 is 6.09 Å². The SMILES string of the molecule is CC(C)(C)OC(=O)NCC1CC(n2cc(-c3cccc(F)c3)c3c(Cl)ncnc32)C1. The minimum absolute atomic E-state index is 0.228. The smallest absolute Gasteiger partial charge is 0.407 e. The van der Waals surface area contributed by atoms with Gasteiger partial charge in [-0.25, -0.2) is 19.2 Å². The number of halogens is 2. The Balaban J connectivity index is 1.51. The molecule has 2 heterocycles. The summed E-state index contributed by atoms with van der Waals surface area (Å²) < 4.78 is 21.2. The predicted octanol–water partition coefficient (Wildman–Crippen LogP) is 5.37. The van der Waals surface area contributed by atoms with Crippen LogP contribution in [-0.2, 0) is 4.74 Å². The molecule has 8 heteroatoms. The highest BCUT2D eigenvalue weighted by molar-refractivity contribution is 6.35. The number of amides is 1. The van der Waals surface area contributed by atoms with Crippen LogP contribution in [0.1, 0.15) is 39.7 Å². The molecule has 3 aromatic rings. The number of ether oxygens (including phenoxy) is 1. The summed E-state index contributed by atoms with van der Waals surface area (Å²) >= 11 is 6.38. The molecule has 1 aliphatic rings. The van der Waals surface area contributed by atoms with Gasteiger partial charge in [0.2, 0.25) is 0 Å². The molecule has 158 valence electrons. The van der Waals surface area contributed by atoms with E-state index in [1.54, 1.807) is 6.07 Å². The molecule has 0 unspecified atom stereocenters. The number of hydrogen-bond acceptors (Lipinski definition) is 4. The largest absolute Gasteiger partial charge is 0.444 e. The van der Waals surface area contributed by atoms with E-state index in [0.717, 1.165) is 35.0 Å². The van der Waals surface area contributed by atoms with Crippen LogP contribution in [0.5, 0.6) is 0 Å². The van der Waals surface area contributed by atoms with Crippen molar-refractivity contribution >= 4 is 28.7 Å². The Bertz CT molecular complexity index is 1090. The van der Waals surface area contributed by atoms with E-state index in [9.17, 15) is 9.18 Å². The average molecular weight is 431 g/mol. The van der Waals surface area contributed by atoms with E-state index in [4.69, 9.17) is 16.3 Å². The molecule has 0 atom stereocenters. The first-order valence-corrected chi connectivity index (χ1v) is 10.3. The van der Waals surface area contributed by atoms with Crippen molar-refractivity contribution in [3.8, 4) is 11.1 Å². The van der Waals surface area contributed by atoms with E-state index < -0.39 is 11.7 Å². The lowest BCUT2D eigenvalue weighted by Crippen LogP contribution is -2.39. The van der Waals surface area contributed by atoms with E-state index in [-0.39, 0.29) is 11.9 Å². The van der Waals surface area contributed by atoms with Crippen LogP contribution in [0.2, 0.25) is 5.15 Å². The zero-order chi connectivity index (χ0) is 21.5. The van der Waals surface area contributed by atoms with Crippen molar-refractivity contribution in [2.24, 2.45) is 5.92 Å². The first-order chi connectivity index (χ1) is 14.2. The summed E-state index contributed by atoms with van der Waals surface area (Å²) in [6.07, 6.45) is 4.80. The van der Waals surface area contributed by atoms with Crippen molar-refractivity contribution in [2.75, 3.05) is 6.54 Å². The highest BCUT2D eigenvalue weighted by Crippen LogP contribution is 2.42. The second-order valence-corrected chi connectivity index (χ2v) is 9.06. The average Bonchev–Trinajstić information content (AvgIpc) is 3.00. The molecule has 1 saturated carbocycles. The Morgan fingerprint density at radius 2 is 2.10 bits per heavy atom. The van der Waals surface area contributed by atoms with Crippen LogP contribution < -0.4 is 5.32 Å². The Kier molecular flexibility index (Phi) is 5.40. The number of carbonyl (C=O) groups is 1. The quantitative estimate of drug-likeness (QED) is 0.565. The molecule has 30 heavy (non-hydrogen) atoms. The molecule has 0 radical (unpaired) electrons. The van der Waals surface area contributed by atoms with Crippen molar-refractivity contribution in [3.05, 3.63) is 47.8 Å². The third-order valence-electron chi connectivity index (χ3n) is 5.24. The standard InChI is InChI=1S/C22H24ClFN4O2/c1-22(2,3)30-21(29)25-10-13-7-16(8-13)28-11-17(14-5-4-6-15(24)9-14)18-19(23)26-12-27-20(18)28/h4-6,9,11-13,16H,7-8,10H2,1-3H3,(H,25,29). The zero-order valence-corrected chi connectivity index (χ0v) is 17.9. The van der Waals surface area contributed by atoms with Gasteiger partial charge in [-0.3, -0.25) is 0 Å². The molecule has 0 aliphatic heterocycles. The van der Waals surface area contributed by atoms with E-state index >= 15 is 0 Å².